The van der Waals surface area contributed by atoms with Crippen LogP contribution >= 0.6 is 15.9 Å². The van der Waals surface area contributed by atoms with Crippen LogP contribution in [-0.2, 0) is 24.3 Å². The van der Waals surface area contributed by atoms with Crippen molar-refractivity contribution in [1.82, 2.24) is 15.1 Å². The first-order chi connectivity index (χ1) is 8.10. The third-order valence-corrected chi connectivity index (χ3v) is 3.45. The van der Waals surface area contributed by atoms with Crippen molar-refractivity contribution in [3.8, 4) is 0 Å². The van der Waals surface area contributed by atoms with Crippen molar-refractivity contribution in [2.45, 2.75) is 39.8 Å². The van der Waals surface area contributed by atoms with Crippen molar-refractivity contribution in [2.24, 2.45) is 5.73 Å². The minimum absolute atomic E-state index is 0.283. The molecular weight excluding hydrogens is 284 g/mol. The Kier molecular flexibility index (Phi) is 5.64. The van der Waals surface area contributed by atoms with Crippen LogP contribution in [-0.4, -0.2) is 22.2 Å². The minimum Gasteiger partial charge on any atom is -0.370 e. The molecule has 1 aromatic rings. The molecule has 0 aliphatic heterocycles. The van der Waals surface area contributed by atoms with Gasteiger partial charge in [-0.25, -0.2) is 0 Å². The Labute approximate surface area is 110 Å². The van der Waals surface area contributed by atoms with E-state index in [9.17, 15) is 4.79 Å². The maximum atomic E-state index is 10.6. The molecule has 96 valence electrons. The quantitative estimate of drug-likeness (QED) is 0.743. The van der Waals surface area contributed by atoms with E-state index in [1.165, 1.54) is 0 Å². The number of amides is 1. The van der Waals surface area contributed by atoms with E-state index < -0.39 is 0 Å². The summed E-state index contributed by atoms with van der Waals surface area (Å²) in [6.07, 6.45) is 1.26. The number of aryl methyl sites for hydroxylation is 2. The number of halogens is 1. The molecule has 5 nitrogen and oxygen atoms in total. The molecule has 1 amide bonds. The summed E-state index contributed by atoms with van der Waals surface area (Å²) in [5.41, 5.74) is 7.27. The first kappa shape index (κ1) is 14.2. The SMILES string of the molecule is CCc1nn(CC)c(CNCCC(N)=O)c1Br. The monoisotopic (exact) mass is 302 g/mol. The van der Waals surface area contributed by atoms with Crippen LogP contribution in [0, 0.1) is 0 Å². The Morgan fingerprint density at radius 3 is 2.76 bits per heavy atom. The van der Waals surface area contributed by atoms with Crippen LogP contribution in [0.15, 0.2) is 4.47 Å². The molecule has 0 atom stereocenters. The van der Waals surface area contributed by atoms with Gasteiger partial charge in [-0.1, -0.05) is 6.92 Å². The van der Waals surface area contributed by atoms with E-state index in [1.54, 1.807) is 0 Å². The Hall–Kier alpha value is -0.880. The summed E-state index contributed by atoms with van der Waals surface area (Å²) < 4.78 is 3.04. The predicted molar refractivity (Wildman–Crippen MR) is 70.5 cm³/mol. The second-order valence-corrected chi connectivity index (χ2v) is 4.56. The lowest BCUT2D eigenvalue weighted by atomic mass is 10.3. The van der Waals surface area contributed by atoms with Crippen LogP contribution in [0.1, 0.15) is 31.7 Å². The summed E-state index contributed by atoms with van der Waals surface area (Å²) in [6, 6.07) is 0. The van der Waals surface area contributed by atoms with Gasteiger partial charge in [-0.15, -0.1) is 0 Å². The summed E-state index contributed by atoms with van der Waals surface area (Å²) in [4.78, 5) is 10.6. The second-order valence-electron chi connectivity index (χ2n) is 3.77. The van der Waals surface area contributed by atoms with E-state index in [2.05, 4.69) is 40.2 Å². The molecule has 0 spiro atoms. The molecule has 0 aromatic carbocycles. The Morgan fingerprint density at radius 1 is 1.53 bits per heavy atom. The van der Waals surface area contributed by atoms with Gasteiger partial charge >= 0.3 is 0 Å². The molecule has 0 saturated heterocycles. The van der Waals surface area contributed by atoms with Gasteiger partial charge in [0.25, 0.3) is 0 Å². The molecule has 1 aromatic heterocycles. The third-order valence-electron chi connectivity index (χ3n) is 2.53. The fourth-order valence-electron chi connectivity index (χ4n) is 1.60. The van der Waals surface area contributed by atoms with E-state index >= 15 is 0 Å². The van der Waals surface area contributed by atoms with Crippen LogP contribution in [0.25, 0.3) is 0 Å². The zero-order valence-corrected chi connectivity index (χ0v) is 11.9. The zero-order chi connectivity index (χ0) is 12.8. The number of carbonyl (C=O) groups is 1. The smallest absolute Gasteiger partial charge is 0.218 e. The highest BCUT2D eigenvalue weighted by Gasteiger charge is 2.12. The molecule has 6 heteroatoms. The number of aromatic nitrogens is 2. The van der Waals surface area contributed by atoms with Gasteiger partial charge in [0, 0.05) is 26.1 Å². The summed E-state index contributed by atoms with van der Waals surface area (Å²) in [6.45, 7) is 6.27. The van der Waals surface area contributed by atoms with Crippen molar-refractivity contribution in [3.63, 3.8) is 0 Å². The maximum absolute atomic E-state index is 10.6. The van der Waals surface area contributed by atoms with E-state index in [0.29, 0.717) is 19.5 Å². The standard InChI is InChI=1S/C11H19BrN4O/c1-3-8-11(12)9(16(4-2)15-8)7-14-6-5-10(13)17/h14H,3-7H2,1-2H3,(H2,13,17). The molecule has 0 fully saturated rings. The molecular formula is C11H19BrN4O. The highest BCUT2D eigenvalue weighted by atomic mass is 79.9. The molecule has 0 bridgehead atoms. The van der Waals surface area contributed by atoms with Gasteiger partial charge in [-0.2, -0.15) is 5.10 Å². The molecule has 0 aliphatic carbocycles. The highest BCUT2D eigenvalue weighted by Crippen LogP contribution is 2.22. The molecule has 0 unspecified atom stereocenters. The van der Waals surface area contributed by atoms with Crippen molar-refractivity contribution < 1.29 is 4.79 Å². The maximum Gasteiger partial charge on any atom is 0.218 e. The van der Waals surface area contributed by atoms with Gasteiger partial charge in [-0.3, -0.25) is 9.48 Å². The Bertz CT molecular complexity index is 389. The molecule has 0 radical (unpaired) electrons. The van der Waals surface area contributed by atoms with Crippen LogP contribution in [0.3, 0.4) is 0 Å². The van der Waals surface area contributed by atoms with E-state index in [1.807, 2.05) is 4.68 Å². The normalized spacial score (nSPS) is 10.8. The van der Waals surface area contributed by atoms with E-state index in [-0.39, 0.29) is 5.91 Å². The van der Waals surface area contributed by atoms with Crippen LogP contribution in [0.5, 0.6) is 0 Å². The van der Waals surface area contributed by atoms with Crippen molar-refractivity contribution >= 4 is 21.8 Å². The van der Waals surface area contributed by atoms with Crippen molar-refractivity contribution in [1.29, 1.82) is 0 Å². The molecule has 0 saturated carbocycles. The van der Waals surface area contributed by atoms with Crippen LogP contribution < -0.4 is 11.1 Å². The summed E-state index contributed by atoms with van der Waals surface area (Å²) >= 11 is 3.57. The lowest BCUT2D eigenvalue weighted by Gasteiger charge is -2.06. The molecule has 0 aliphatic rings. The summed E-state index contributed by atoms with van der Waals surface area (Å²) in [5.74, 6) is -0.283. The fraction of sp³-hybridized carbons (Fsp3) is 0.636. The number of nitrogens with one attached hydrogen (secondary N) is 1. The average molecular weight is 303 g/mol. The topological polar surface area (TPSA) is 72.9 Å². The largest absolute Gasteiger partial charge is 0.370 e. The number of hydrogen-bond donors (Lipinski definition) is 2. The Morgan fingerprint density at radius 2 is 2.24 bits per heavy atom. The van der Waals surface area contributed by atoms with Gasteiger partial charge in [0.2, 0.25) is 5.91 Å². The number of rotatable bonds is 7. The molecule has 17 heavy (non-hydrogen) atoms. The van der Waals surface area contributed by atoms with Gasteiger partial charge in [-0.05, 0) is 29.3 Å². The first-order valence-electron chi connectivity index (χ1n) is 5.83. The van der Waals surface area contributed by atoms with E-state index in [0.717, 1.165) is 28.8 Å². The minimum atomic E-state index is -0.283. The molecule has 1 rings (SSSR count). The first-order valence-corrected chi connectivity index (χ1v) is 6.62. The predicted octanol–water partition coefficient (Wildman–Crippen LogP) is 1.19. The van der Waals surface area contributed by atoms with Gasteiger partial charge in [0.15, 0.2) is 0 Å². The number of primary amides is 1. The van der Waals surface area contributed by atoms with Crippen LogP contribution in [0.4, 0.5) is 0 Å². The number of hydrogen-bond acceptors (Lipinski definition) is 3. The number of nitrogens with two attached hydrogens (primary N) is 1. The van der Waals surface area contributed by atoms with Gasteiger partial charge in [0.1, 0.15) is 0 Å². The highest BCUT2D eigenvalue weighted by molar-refractivity contribution is 9.10. The average Bonchev–Trinajstić information content (AvgIpc) is 2.61. The van der Waals surface area contributed by atoms with Crippen molar-refractivity contribution in [2.75, 3.05) is 6.54 Å². The second kappa shape index (κ2) is 6.76. The number of nitrogens with zero attached hydrogens (tertiary/aromatic N) is 2. The van der Waals surface area contributed by atoms with Crippen molar-refractivity contribution in [3.05, 3.63) is 15.9 Å². The van der Waals surface area contributed by atoms with Gasteiger partial charge < -0.3 is 11.1 Å². The Balaban J connectivity index is 2.62. The summed E-state index contributed by atoms with van der Waals surface area (Å²) in [5, 5.41) is 7.69. The molecule has 1 heterocycles. The number of carbonyl (C=O) groups excluding carboxylic acids is 1. The molecule has 3 N–H and O–H groups in total. The third kappa shape index (κ3) is 3.81. The lowest BCUT2D eigenvalue weighted by Crippen LogP contribution is -2.23. The lowest BCUT2D eigenvalue weighted by molar-refractivity contribution is -0.117. The summed E-state index contributed by atoms with van der Waals surface area (Å²) in [7, 11) is 0. The van der Waals surface area contributed by atoms with Crippen LogP contribution in [0.2, 0.25) is 0 Å². The van der Waals surface area contributed by atoms with E-state index in [4.69, 9.17) is 5.73 Å². The zero-order valence-electron chi connectivity index (χ0n) is 10.3. The fourth-order valence-corrected chi connectivity index (χ4v) is 2.31. The van der Waals surface area contributed by atoms with Gasteiger partial charge in [0.05, 0.1) is 15.9 Å².